The van der Waals surface area contributed by atoms with Gasteiger partial charge in [-0.2, -0.15) is 15.0 Å². The van der Waals surface area contributed by atoms with Crippen LogP contribution in [-0.4, -0.2) is 77.0 Å². The number of nitrogens with two attached hydrogens (primary N) is 1. The first-order valence-corrected chi connectivity index (χ1v) is 9.37. The standard InChI is InChI=1S/C17H22F2N8O2/c1-10-9-29-7-4-27(10)17-24-14(11-8-21-15(20)22-12(11)13(18)19)23-16(25-17)26-2-5-28-6-3-26/h8,10,13H,2-7,9H2,1H3,(H2,20,21,22)/t10-/m0/s1. The van der Waals surface area contributed by atoms with E-state index < -0.39 is 12.1 Å². The lowest BCUT2D eigenvalue weighted by molar-refractivity contribution is 0.0980. The van der Waals surface area contributed by atoms with E-state index in [4.69, 9.17) is 15.2 Å². The second-order valence-electron chi connectivity index (χ2n) is 6.80. The molecule has 0 aromatic carbocycles. The summed E-state index contributed by atoms with van der Waals surface area (Å²) in [6, 6.07) is 0.0359. The van der Waals surface area contributed by atoms with Crippen molar-refractivity contribution in [3.63, 3.8) is 0 Å². The maximum Gasteiger partial charge on any atom is 0.281 e. The van der Waals surface area contributed by atoms with Crippen molar-refractivity contribution in [1.29, 1.82) is 0 Å². The van der Waals surface area contributed by atoms with Crippen molar-refractivity contribution < 1.29 is 18.3 Å². The molecule has 0 aliphatic carbocycles. The van der Waals surface area contributed by atoms with Crippen LogP contribution in [0.15, 0.2) is 6.20 Å². The molecule has 2 aromatic rings. The van der Waals surface area contributed by atoms with E-state index in [0.29, 0.717) is 58.0 Å². The van der Waals surface area contributed by atoms with Gasteiger partial charge in [-0.25, -0.2) is 18.7 Å². The molecule has 2 aromatic heterocycles. The number of aromatic nitrogens is 5. The monoisotopic (exact) mass is 408 g/mol. The van der Waals surface area contributed by atoms with Gasteiger partial charge in [0, 0.05) is 25.8 Å². The van der Waals surface area contributed by atoms with Crippen molar-refractivity contribution >= 4 is 17.8 Å². The van der Waals surface area contributed by atoms with Crippen LogP contribution in [0.4, 0.5) is 26.6 Å². The number of ether oxygens (including phenoxy) is 2. The summed E-state index contributed by atoms with van der Waals surface area (Å²) in [6.07, 6.45) is -1.61. The van der Waals surface area contributed by atoms with E-state index in [-0.39, 0.29) is 23.4 Å². The topological polar surface area (TPSA) is 115 Å². The maximum absolute atomic E-state index is 13.6. The third-order valence-electron chi connectivity index (χ3n) is 4.81. The predicted octanol–water partition coefficient (Wildman–Crippen LogP) is 0.910. The molecule has 2 saturated heterocycles. The van der Waals surface area contributed by atoms with Gasteiger partial charge in [0.25, 0.3) is 6.43 Å². The van der Waals surface area contributed by atoms with E-state index >= 15 is 0 Å². The Morgan fingerprint density at radius 1 is 1.03 bits per heavy atom. The lowest BCUT2D eigenvalue weighted by Gasteiger charge is -2.34. The molecule has 4 rings (SSSR count). The van der Waals surface area contributed by atoms with Crippen LogP contribution in [0.25, 0.3) is 11.4 Å². The van der Waals surface area contributed by atoms with Crippen LogP contribution in [-0.2, 0) is 9.47 Å². The molecular formula is C17H22F2N8O2. The zero-order valence-corrected chi connectivity index (χ0v) is 16.0. The fourth-order valence-corrected chi connectivity index (χ4v) is 3.28. The third kappa shape index (κ3) is 4.17. The van der Waals surface area contributed by atoms with Gasteiger partial charge in [-0.05, 0) is 6.92 Å². The SMILES string of the molecule is C[C@H]1COCCN1c1nc(-c2cnc(N)nc2C(F)F)nc(N2CCOCC2)n1. The second-order valence-corrected chi connectivity index (χ2v) is 6.80. The van der Waals surface area contributed by atoms with Gasteiger partial charge in [-0.3, -0.25) is 0 Å². The van der Waals surface area contributed by atoms with Crippen LogP contribution in [0.1, 0.15) is 19.0 Å². The van der Waals surface area contributed by atoms with Crippen LogP contribution < -0.4 is 15.5 Å². The van der Waals surface area contributed by atoms with Crippen molar-refractivity contribution in [3.05, 3.63) is 11.9 Å². The highest BCUT2D eigenvalue weighted by molar-refractivity contribution is 5.61. The molecule has 10 nitrogen and oxygen atoms in total. The molecule has 0 unspecified atom stereocenters. The summed E-state index contributed by atoms with van der Waals surface area (Å²) in [5, 5.41) is 0. The highest BCUT2D eigenvalue weighted by Crippen LogP contribution is 2.30. The molecule has 4 heterocycles. The number of hydrogen-bond acceptors (Lipinski definition) is 10. The summed E-state index contributed by atoms with van der Waals surface area (Å²) in [7, 11) is 0. The van der Waals surface area contributed by atoms with Crippen molar-refractivity contribution in [2.75, 3.05) is 61.6 Å². The zero-order valence-electron chi connectivity index (χ0n) is 16.0. The maximum atomic E-state index is 13.6. The third-order valence-corrected chi connectivity index (χ3v) is 4.81. The first kappa shape index (κ1) is 19.6. The predicted molar refractivity (Wildman–Crippen MR) is 101 cm³/mol. The van der Waals surface area contributed by atoms with Crippen molar-refractivity contribution in [1.82, 2.24) is 24.9 Å². The number of anilines is 3. The minimum atomic E-state index is -2.84. The van der Waals surface area contributed by atoms with Gasteiger partial charge in [0.05, 0.1) is 38.0 Å². The number of halogens is 2. The molecule has 12 heteroatoms. The average molecular weight is 408 g/mol. The number of nitrogen functional groups attached to an aromatic ring is 1. The largest absolute Gasteiger partial charge is 0.378 e. The Hall–Kier alpha value is -2.73. The number of alkyl halides is 2. The van der Waals surface area contributed by atoms with Crippen molar-refractivity contribution in [2.45, 2.75) is 19.4 Å². The summed E-state index contributed by atoms with van der Waals surface area (Å²) >= 11 is 0. The fraction of sp³-hybridized carbons (Fsp3) is 0.588. The Bertz CT molecular complexity index is 865. The molecule has 1 atom stereocenters. The van der Waals surface area contributed by atoms with Crippen molar-refractivity contribution in [3.8, 4) is 11.4 Å². The molecule has 29 heavy (non-hydrogen) atoms. The first-order valence-electron chi connectivity index (χ1n) is 9.37. The Labute approximate surface area is 166 Å². The highest BCUT2D eigenvalue weighted by Gasteiger charge is 2.27. The normalized spacial score (nSPS) is 20.3. The number of rotatable bonds is 4. The van der Waals surface area contributed by atoms with Gasteiger partial charge in [-0.15, -0.1) is 0 Å². The molecule has 0 bridgehead atoms. The minimum absolute atomic E-state index is 0.0354. The molecule has 156 valence electrons. The molecule has 0 radical (unpaired) electrons. The quantitative estimate of drug-likeness (QED) is 0.782. The van der Waals surface area contributed by atoms with Crippen molar-refractivity contribution in [2.24, 2.45) is 0 Å². The first-order chi connectivity index (χ1) is 14.0. The molecule has 0 saturated carbocycles. The molecule has 2 aliphatic rings. The lowest BCUT2D eigenvalue weighted by Crippen LogP contribution is -2.45. The van der Waals surface area contributed by atoms with E-state index in [1.54, 1.807) is 0 Å². The number of hydrogen-bond donors (Lipinski definition) is 1. The lowest BCUT2D eigenvalue weighted by atomic mass is 10.2. The zero-order chi connectivity index (χ0) is 20.4. The van der Waals surface area contributed by atoms with Gasteiger partial charge < -0.3 is 25.0 Å². The average Bonchev–Trinajstić information content (AvgIpc) is 2.74. The number of nitrogens with zero attached hydrogens (tertiary/aromatic N) is 7. The summed E-state index contributed by atoms with van der Waals surface area (Å²) < 4.78 is 38.1. The van der Waals surface area contributed by atoms with Crippen LogP contribution in [0, 0.1) is 0 Å². The molecule has 0 amide bonds. The molecule has 2 fully saturated rings. The summed E-state index contributed by atoms with van der Waals surface area (Å²) in [5.74, 6) is 0.674. The van der Waals surface area contributed by atoms with E-state index in [1.807, 2.05) is 16.7 Å². The molecule has 2 aliphatic heterocycles. The van der Waals surface area contributed by atoms with E-state index in [2.05, 4.69) is 24.9 Å². The summed E-state index contributed by atoms with van der Waals surface area (Å²) in [4.78, 5) is 25.0. The van der Waals surface area contributed by atoms with E-state index in [0.717, 1.165) is 0 Å². The fourth-order valence-electron chi connectivity index (χ4n) is 3.28. The summed E-state index contributed by atoms with van der Waals surface area (Å²) in [6.45, 7) is 5.92. The summed E-state index contributed by atoms with van der Waals surface area (Å²) in [5.41, 5.74) is 5.04. The Morgan fingerprint density at radius 3 is 2.48 bits per heavy atom. The second kappa shape index (κ2) is 8.33. The Balaban J connectivity index is 1.81. The van der Waals surface area contributed by atoms with Gasteiger partial charge in [0.15, 0.2) is 5.82 Å². The van der Waals surface area contributed by atoms with Gasteiger partial charge in [0.2, 0.25) is 17.8 Å². The van der Waals surface area contributed by atoms with Gasteiger partial charge in [0.1, 0.15) is 5.69 Å². The van der Waals surface area contributed by atoms with Crippen LogP contribution in [0.2, 0.25) is 0 Å². The van der Waals surface area contributed by atoms with Crippen LogP contribution in [0.3, 0.4) is 0 Å². The minimum Gasteiger partial charge on any atom is -0.378 e. The Morgan fingerprint density at radius 2 is 1.76 bits per heavy atom. The molecular weight excluding hydrogens is 386 g/mol. The van der Waals surface area contributed by atoms with Gasteiger partial charge in [-0.1, -0.05) is 0 Å². The van der Waals surface area contributed by atoms with Crippen LogP contribution in [0.5, 0.6) is 0 Å². The van der Waals surface area contributed by atoms with Gasteiger partial charge >= 0.3 is 0 Å². The smallest absolute Gasteiger partial charge is 0.281 e. The highest BCUT2D eigenvalue weighted by atomic mass is 19.3. The molecule has 0 spiro atoms. The Kier molecular flexibility index (Phi) is 5.62. The number of morpholine rings is 2. The molecule has 2 N–H and O–H groups in total. The van der Waals surface area contributed by atoms with E-state index in [9.17, 15) is 8.78 Å². The van der Waals surface area contributed by atoms with E-state index in [1.165, 1.54) is 6.20 Å². The van der Waals surface area contributed by atoms with Crippen LogP contribution >= 0.6 is 0 Å².